The summed E-state index contributed by atoms with van der Waals surface area (Å²) in [6.07, 6.45) is 7.83. The van der Waals surface area contributed by atoms with Gasteiger partial charge in [-0.1, -0.05) is 50.2 Å². The number of piperidine rings is 1. The van der Waals surface area contributed by atoms with Crippen molar-refractivity contribution < 1.29 is 9.05 Å². The third kappa shape index (κ3) is 14.2. The molecule has 1 aromatic carbocycles. The lowest BCUT2D eigenvalue weighted by molar-refractivity contribution is 0.181. The van der Waals surface area contributed by atoms with Crippen LogP contribution in [0.3, 0.4) is 0 Å². The maximum Gasteiger partial charge on any atom is 0.170 e. The molecule has 1 aliphatic carbocycles. The number of rotatable bonds is 11. The molecule has 0 aromatic heterocycles. The normalized spacial score (nSPS) is 17.3. The minimum atomic E-state index is -0.639. The molecule has 29 heavy (non-hydrogen) atoms. The molecule has 1 N–H and O–H groups in total. The van der Waals surface area contributed by atoms with Gasteiger partial charge >= 0.3 is 0 Å². The monoisotopic (exact) mass is 424 g/mol. The Balaban J connectivity index is 0.000000442. The van der Waals surface area contributed by atoms with Crippen molar-refractivity contribution in [3.05, 3.63) is 36.4 Å². The first-order chi connectivity index (χ1) is 14.3. The van der Waals surface area contributed by atoms with Gasteiger partial charge in [0.25, 0.3) is 0 Å². The van der Waals surface area contributed by atoms with Crippen LogP contribution in [0.4, 0.5) is 0 Å². The summed E-state index contributed by atoms with van der Waals surface area (Å²) in [5, 5.41) is 3.68. The second-order valence-electron chi connectivity index (χ2n) is 7.37. The first-order valence-electron chi connectivity index (χ1n) is 11.8. The molecule has 1 heterocycles. The Morgan fingerprint density at radius 3 is 1.83 bits per heavy atom. The maximum atomic E-state index is 5.66. The van der Waals surface area contributed by atoms with E-state index in [0.29, 0.717) is 0 Å². The van der Waals surface area contributed by atoms with E-state index >= 15 is 0 Å². The summed E-state index contributed by atoms with van der Waals surface area (Å²) in [5.74, 6) is 0.908. The lowest BCUT2D eigenvalue weighted by Gasteiger charge is -2.32. The zero-order valence-electron chi connectivity index (χ0n) is 19.3. The first kappa shape index (κ1) is 26.5. The minimum Gasteiger partial charge on any atom is -0.334 e. The summed E-state index contributed by atoms with van der Waals surface area (Å²) in [4.78, 5) is 2.62. The fraction of sp³-hybridized carbons (Fsp3) is 0.750. The smallest absolute Gasteiger partial charge is 0.170 e. The highest BCUT2D eigenvalue weighted by atomic mass is 31.2. The highest BCUT2D eigenvalue weighted by Gasteiger charge is 2.24. The fourth-order valence-electron chi connectivity index (χ4n) is 3.30. The Morgan fingerprint density at radius 2 is 1.38 bits per heavy atom. The molecule has 1 aromatic rings. The predicted octanol–water partition coefficient (Wildman–Crippen LogP) is 5.94. The SMILES string of the molecule is CC.CCOP(CCCN1CCC(CNC2CC2)CC1)OCC.c1ccccc1. The summed E-state index contributed by atoms with van der Waals surface area (Å²) in [6.45, 7) is 14.6. The Morgan fingerprint density at radius 1 is 0.862 bits per heavy atom. The molecular formula is C24H45N2O2P. The lowest BCUT2D eigenvalue weighted by atomic mass is 9.96. The number of nitrogens with one attached hydrogen (secondary N) is 1. The molecule has 2 fully saturated rings. The van der Waals surface area contributed by atoms with E-state index in [1.807, 2.05) is 50.2 Å². The molecule has 0 bridgehead atoms. The van der Waals surface area contributed by atoms with E-state index in [9.17, 15) is 0 Å². The van der Waals surface area contributed by atoms with Crippen molar-refractivity contribution in [3.63, 3.8) is 0 Å². The molecule has 5 heteroatoms. The van der Waals surface area contributed by atoms with Gasteiger partial charge in [0.1, 0.15) is 0 Å². The van der Waals surface area contributed by atoms with Crippen molar-refractivity contribution in [2.24, 2.45) is 5.92 Å². The van der Waals surface area contributed by atoms with Gasteiger partial charge in [-0.3, -0.25) is 0 Å². The molecule has 2 aliphatic rings. The van der Waals surface area contributed by atoms with Crippen molar-refractivity contribution in [1.82, 2.24) is 10.2 Å². The van der Waals surface area contributed by atoms with Crippen LogP contribution in [0.1, 0.15) is 59.8 Å². The van der Waals surface area contributed by atoms with Crippen LogP contribution in [0.5, 0.6) is 0 Å². The average Bonchev–Trinajstić information content (AvgIpc) is 3.61. The van der Waals surface area contributed by atoms with Gasteiger partial charge in [0.05, 0.1) is 13.2 Å². The highest BCUT2D eigenvalue weighted by Crippen LogP contribution is 2.38. The molecule has 1 saturated heterocycles. The third-order valence-corrected chi connectivity index (χ3v) is 6.78. The van der Waals surface area contributed by atoms with Gasteiger partial charge in [-0.15, -0.1) is 0 Å². The highest BCUT2D eigenvalue weighted by molar-refractivity contribution is 7.47. The fourth-order valence-corrected chi connectivity index (χ4v) is 4.61. The van der Waals surface area contributed by atoms with E-state index in [2.05, 4.69) is 24.1 Å². The Labute approximate surface area is 181 Å². The molecule has 3 rings (SSSR count). The van der Waals surface area contributed by atoms with Crippen molar-refractivity contribution >= 4 is 8.38 Å². The van der Waals surface area contributed by atoms with Crippen molar-refractivity contribution in [2.75, 3.05) is 45.6 Å². The number of likely N-dealkylation sites (tertiary alicyclic amines) is 1. The largest absolute Gasteiger partial charge is 0.334 e. The van der Waals surface area contributed by atoms with Crippen LogP contribution in [0, 0.1) is 5.92 Å². The zero-order valence-corrected chi connectivity index (χ0v) is 20.2. The van der Waals surface area contributed by atoms with Gasteiger partial charge in [0.2, 0.25) is 0 Å². The molecule has 0 unspecified atom stereocenters. The lowest BCUT2D eigenvalue weighted by Crippen LogP contribution is -2.38. The van der Waals surface area contributed by atoms with Crippen LogP contribution in [0.15, 0.2) is 36.4 Å². The summed E-state index contributed by atoms with van der Waals surface area (Å²) in [5.41, 5.74) is 0. The molecule has 1 aliphatic heterocycles. The first-order valence-corrected chi connectivity index (χ1v) is 13.2. The number of benzene rings is 1. The van der Waals surface area contributed by atoms with E-state index in [1.165, 1.54) is 58.3 Å². The van der Waals surface area contributed by atoms with E-state index in [-0.39, 0.29) is 0 Å². The molecule has 0 spiro atoms. The summed E-state index contributed by atoms with van der Waals surface area (Å²) in [7, 11) is -0.639. The van der Waals surface area contributed by atoms with Crippen molar-refractivity contribution in [1.29, 1.82) is 0 Å². The summed E-state index contributed by atoms with van der Waals surface area (Å²) < 4.78 is 11.3. The molecular weight excluding hydrogens is 379 g/mol. The van der Waals surface area contributed by atoms with E-state index in [0.717, 1.165) is 31.3 Å². The van der Waals surface area contributed by atoms with E-state index < -0.39 is 8.38 Å². The third-order valence-electron chi connectivity index (χ3n) is 5.01. The average molecular weight is 425 g/mol. The molecule has 1 saturated carbocycles. The van der Waals surface area contributed by atoms with Crippen LogP contribution in [0.25, 0.3) is 0 Å². The van der Waals surface area contributed by atoms with Crippen LogP contribution in [0.2, 0.25) is 0 Å². The minimum absolute atomic E-state index is 0.639. The molecule has 0 radical (unpaired) electrons. The molecule has 4 nitrogen and oxygen atoms in total. The second-order valence-corrected chi connectivity index (χ2v) is 9.00. The maximum absolute atomic E-state index is 5.66. The van der Waals surface area contributed by atoms with Crippen LogP contribution in [-0.4, -0.2) is 56.5 Å². The molecule has 0 amide bonds. The van der Waals surface area contributed by atoms with Crippen LogP contribution < -0.4 is 5.32 Å². The van der Waals surface area contributed by atoms with Gasteiger partial charge in [0, 0.05) is 12.2 Å². The Hall–Kier alpha value is -0.510. The van der Waals surface area contributed by atoms with E-state index in [1.54, 1.807) is 0 Å². The van der Waals surface area contributed by atoms with Gasteiger partial charge in [-0.25, -0.2) is 0 Å². The number of nitrogens with zero attached hydrogens (tertiary/aromatic N) is 1. The predicted molar refractivity (Wildman–Crippen MR) is 128 cm³/mol. The van der Waals surface area contributed by atoms with Gasteiger partial charge in [0.15, 0.2) is 8.38 Å². The standard InChI is InChI=1S/C16H33N2O2P.C6H6.C2H6/c1-3-19-21(20-4-2)13-5-10-18-11-8-15(9-12-18)14-17-16-6-7-16;1-2-4-6-5-3-1;1-2/h15-17H,3-14H2,1-2H3;1-6H;1-2H3. The van der Waals surface area contributed by atoms with Gasteiger partial charge in [-0.05, 0) is 78.0 Å². The Kier molecular flexibility index (Phi) is 16.7. The second kappa shape index (κ2) is 18.3. The summed E-state index contributed by atoms with van der Waals surface area (Å²) >= 11 is 0. The van der Waals surface area contributed by atoms with Gasteiger partial charge in [-0.2, -0.15) is 0 Å². The van der Waals surface area contributed by atoms with Crippen molar-refractivity contribution in [3.8, 4) is 0 Å². The summed E-state index contributed by atoms with van der Waals surface area (Å²) in [6, 6.07) is 12.9. The quantitative estimate of drug-likeness (QED) is 0.446. The zero-order chi connectivity index (χ0) is 21.2. The van der Waals surface area contributed by atoms with Crippen LogP contribution >= 0.6 is 8.38 Å². The van der Waals surface area contributed by atoms with E-state index in [4.69, 9.17) is 9.05 Å². The van der Waals surface area contributed by atoms with Crippen LogP contribution in [-0.2, 0) is 9.05 Å². The Bertz CT molecular complexity index is 419. The number of hydrogen-bond acceptors (Lipinski definition) is 4. The topological polar surface area (TPSA) is 33.7 Å². The van der Waals surface area contributed by atoms with Crippen molar-refractivity contribution in [2.45, 2.75) is 65.8 Å². The van der Waals surface area contributed by atoms with Gasteiger partial charge < -0.3 is 19.3 Å². The number of hydrogen-bond donors (Lipinski definition) is 1. The molecule has 168 valence electrons. The molecule has 0 atom stereocenters.